The van der Waals surface area contributed by atoms with Crippen molar-refractivity contribution in [1.29, 1.82) is 0 Å². The van der Waals surface area contributed by atoms with Crippen molar-refractivity contribution in [3.8, 4) is 0 Å². The Bertz CT molecular complexity index is 656. The highest BCUT2D eigenvalue weighted by atomic mass is 32.2. The first-order valence-electron chi connectivity index (χ1n) is 8.95. The SMILES string of the molecule is O=C([C@H](CSc1ccccc1)[C@@H](O)c1ccccc1)N1CCCCC1. The predicted molar refractivity (Wildman–Crippen MR) is 102 cm³/mol. The molecule has 25 heavy (non-hydrogen) atoms. The lowest BCUT2D eigenvalue weighted by Gasteiger charge is -2.32. The topological polar surface area (TPSA) is 40.5 Å². The molecular formula is C21H25NO2S. The number of amides is 1. The van der Waals surface area contributed by atoms with Crippen LogP contribution < -0.4 is 0 Å². The number of hydrogen-bond acceptors (Lipinski definition) is 3. The van der Waals surface area contributed by atoms with Crippen LogP contribution in [0, 0.1) is 5.92 Å². The van der Waals surface area contributed by atoms with E-state index in [1.54, 1.807) is 11.8 Å². The van der Waals surface area contributed by atoms with Gasteiger partial charge in [-0.3, -0.25) is 4.79 Å². The summed E-state index contributed by atoms with van der Waals surface area (Å²) < 4.78 is 0. The van der Waals surface area contributed by atoms with E-state index in [0.717, 1.165) is 36.4 Å². The van der Waals surface area contributed by atoms with Gasteiger partial charge in [-0.05, 0) is 37.0 Å². The second kappa shape index (κ2) is 9.07. The Hall–Kier alpha value is -1.78. The fraction of sp³-hybridized carbons (Fsp3) is 0.381. The van der Waals surface area contributed by atoms with E-state index >= 15 is 0 Å². The zero-order chi connectivity index (χ0) is 17.5. The van der Waals surface area contributed by atoms with Crippen LogP contribution in [0.15, 0.2) is 65.6 Å². The molecule has 1 amide bonds. The molecule has 0 radical (unpaired) electrons. The van der Waals surface area contributed by atoms with Crippen LogP contribution in [-0.2, 0) is 4.79 Å². The zero-order valence-electron chi connectivity index (χ0n) is 14.4. The normalized spacial score (nSPS) is 17.1. The number of likely N-dealkylation sites (tertiary alicyclic amines) is 1. The maximum Gasteiger partial charge on any atom is 0.229 e. The highest BCUT2D eigenvalue weighted by Gasteiger charge is 2.32. The van der Waals surface area contributed by atoms with Gasteiger partial charge < -0.3 is 10.0 Å². The summed E-state index contributed by atoms with van der Waals surface area (Å²) in [7, 11) is 0. The maximum absolute atomic E-state index is 13.1. The Kier molecular flexibility index (Phi) is 6.54. The number of benzene rings is 2. The van der Waals surface area contributed by atoms with Gasteiger partial charge >= 0.3 is 0 Å². The minimum atomic E-state index is -0.771. The van der Waals surface area contributed by atoms with Crippen molar-refractivity contribution in [3.63, 3.8) is 0 Å². The van der Waals surface area contributed by atoms with Gasteiger partial charge in [0.25, 0.3) is 0 Å². The van der Waals surface area contributed by atoms with Gasteiger partial charge in [0.1, 0.15) is 0 Å². The molecule has 132 valence electrons. The van der Waals surface area contributed by atoms with Crippen molar-refractivity contribution < 1.29 is 9.90 Å². The molecule has 1 fully saturated rings. The Labute approximate surface area is 154 Å². The predicted octanol–water partition coefficient (Wildman–Crippen LogP) is 4.14. The molecule has 4 heteroatoms. The molecule has 2 aromatic carbocycles. The van der Waals surface area contributed by atoms with Crippen molar-refractivity contribution in [3.05, 3.63) is 66.2 Å². The monoisotopic (exact) mass is 355 g/mol. The molecule has 0 saturated carbocycles. The third-order valence-electron chi connectivity index (χ3n) is 4.68. The molecule has 2 atom stereocenters. The van der Waals surface area contributed by atoms with Gasteiger partial charge in [0.15, 0.2) is 0 Å². The van der Waals surface area contributed by atoms with Crippen LogP contribution in [0.5, 0.6) is 0 Å². The lowest BCUT2D eigenvalue weighted by molar-refractivity contribution is -0.139. The molecule has 0 spiro atoms. The number of aliphatic hydroxyl groups is 1. The smallest absolute Gasteiger partial charge is 0.229 e. The summed E-state index contributed by atoms with van der Waals surface area (Å²) >= 11 is 1.64. The molecule has 0 unspecified atom stereocenters. The fourth-order valence-electron chi connectivity index (χ4n) is 3.23. The van der Waals surface area contributed by atoms with Crippen LogP contribution in [0.2, 0.25) is 0 Å². The molecule has 0 aliphatic carbocycles. The molecule has 1 N–H and O–H groups in total. The molecule has 1 aliphatic rings. The van der Waals surface area contributed by atoms with E-state index in [1.807, 2.05) is 65.6 Å². The van der Waals surface area contributed by atoms with E-state index in [0.29, 0.717) is 5.75 Å². The maximum atomic E-state index is 13.1. The average molecular weight is 356 g/mol. The molecule has 0 bridgehead atoms. The second-order valence-corrected chi connectivity index (χ2v) is 7.57. The Morgan fingerprint density at radius 2 is 1.56 bits per heavy atom. The number of rotatable bonds is 6. The van der Waals surface area contributed by atoms with E-state index in [1.165, 1.54) is 6.42 Å². The number of hydrogen-bond donors (Lipinski definition) is 1. The number of piperidine rings is 1. The lowest BCUT2D eigenvalue weighted by atomic mass is 9.95. The molecule has 1 aliphatic heterocycles. The summed E-state index contributed by atoms with van der Waals surface area (Å²) in [5, 5.41) is 10.9. The summed E-state index contributed by atoms with van der Waals surface area (Å²) in [6, 6.07) is 19.6. The summed E-state index contributed by atoms with van der Waals surface area (Å²) in [5.74, 6) is 0.236. The first-order chi connectivity index (χ1) is 12.3. The molecule has 2 aromatic rings. The van der Waals surface area contributed by atoms with Crippen LogP contribution in [-0.4, -0.2) is 34.8 Å². The molecule has 1 heterocycles. The zero-order valence-corrected chi connectivity index (χ0v) is 15.2. The summed E-state index contributed by atoms with van der Waals surface area (Å²) in [5.41, 5.74) is 0.812. The van der Waals surface area contributed by atoms with Crippen molar-refractivity contribution in [2.24, 2.45) is 5.92 Å². The van der Waals surface area contributed by atoms with Gasteiger partial charge in [-0.25, -0.2) is 0 Å². The van der Waals surface area contributed by atoms with Gasteiger partial charge in [-0.1, -0.05) is 48.5 Å². The van der Waals surface area contributed by atoms with Gasteiger partial charge in [-0.15, -0.1) is 11.8 Å². The highest BCUT2D eigenvalue weighted by Crippen LogP contribution is 2.30. The Morgan fingerprint density at radius 1 is 0.960 bits per heavy atom. The van der Waals surface area contributed by atoms with Crippen LogP contribution in [0.3, 0.4) is 0 Å². The molecule has 3 nitrogen and oxygen atoms in total. The molecule has 1 saturated heterocycles. The average Bonchev–Trinajstić information content (AvgIpc) is 2.70. The molecular weight excluding hydrogens is 330 g/mol. The van der Waals surface area contributed by atoms with E-state index in [-0.39, 0.29) is 5.91 Å². The number of carbonyl (C=O) groups is 1. The van der Waals surface area contributed by atoms with Crippen molar-refractivity contribution in [1.82, 2.24) is 4.90 Å². The first-order valence-corrected chi connectivity index (χ1v) is 9.94. The van der Waals surface area contributed by atoms with E-state index in [9.17, 15) is 9.90 Å². The third-order valence-corrected chi connectivity index (χ3v) is 5.81. The molecule has 0 aromatic heterocycles. The van der Waals surface area contributed by atoms with Crippen molar-refractivity contribution >= 4 is 17.7 Å². The van der Waals surface area contributed by atoms with E-state index in [2.05, 4.69) is 0 Å². The minimum absolute atomic E-state index is 0.0829. The summed E-state index contributed by atoms with van der Waals surface area (Å²) in [6.07, 6.45) is 2.54. The van der Waals surface area contributed by atoms with Gasteiger partial charge in [0, 0.05) is 23.7 Å². The standard InChI is InChI=1S/C21H25NO2S/c23-20(17-10-4-1-5-11-17)19(16-25-18-12-6-2-7-13-18)21(24)22-14-8-3-9-15-22/h1-2,4-7,10-13,19-20,23H,3,8-9,14-16H2/t19-,20+/m1/s1. The van der Waals surface area contributed by atoms with Gasteiger partial charge in [-0.2, -0.15) is 0 Å². The number of aliphatic hydroxyl groups excluding tert-OH is 1. The summed E-state index contributed by atoms with van der Waals surface area (Å²) in [4.78, 5) is 16.1. The second-order valence-electron chi connectivity index (χ2n) is 6.47. The number of thioether (sulfide) groups is 1. The molecule has 3 rings (SSSR count). The fourth-order valence-corrected chi connectivity index (χ4v) is 4.28. The third kappa shape index (κ3) is 4.86. The van der Waals surface area contributed by atoms with Crippen LogP contribution in [0.25, 0.3) is 0 Å². The van der Waals surface area contributed by atoms with Crippen LogP contribution in [0.4, 0.5) is 0 Å². The van der Waals surface area contributed by atoms with Crippen LogP contribution in [0.1, 0.15) is 30.9 Å². The van der Waals surface area contributed by atoms with Crippen molar-refractivity contribution in [2.75, 3.05) is 18.8 Å². The Balaban J connectivity index is 1.76. The number of nitrogens with zero attached hydrogens (tertiary/aromatic N) is 1. The Morgan fingerprint density at radius 3 is 2.20 bits per heavy atom. The van der Waals surface area contributed by atoms with Gasteiger partial charge in [0.2, 0.25) is 5.91 Å². The first kappa shape index (κ1) is 18.0. The highest BCUT2D eigenvalue weighted by molar-refractivity contribution is 7.99. The van der Waals surface area contributed by atoms with Crippen molar-refractivity contribution in [2.45, 2.75) is 30.3 Å². The van der Waals surface area contributed by atoms with E-state index in [4.69, 9.17) is 0 Å². The van der Waals surface area contributed by atoms with Gasteiger partial charge in [0.05, 0.1) is 12.0 Å². The lowest BCUT2D eigenvalue weighted by Crippen LogP contribution is -2.42. The summed E-state index contributed by atoms with van der Waals surface area (Å²) in [6.45, 7) is 1.62. The largest absolute Gasteiger partial charge is 0.388 e. The van der Waals surface area contributed by atoms with E-state index < -0.39 is 12.0 Å². The number of carbonyl (C=O) groups excluding carboxylic acids is 1. The van der Waals surface area contributed by atoms with Crippen LogP contribution >= 0.6 is 11.8 Å². The quantitative estimate of drug-likeness (QED) is 0.792. The minimum Gasteiger partial charge on any atom is -0.388 e.